The third-order valence-corrected chi connectivity index (χ3v) is 7.01. The standard InChI is InChI=1S/C18H26N2O4S/c1-14-4-3-7-19(13-14)18(21)16-6-5-15(2)17(12-16)25(22,23)20-8-10-24-11-9-20/h5-6,12,14H,3-4,7-11,13H2,1-2H3/t14-/m0/s1. The smallest absolute Gasteiger partial charge is 0.253 e. The van der Waals surface area contributed by atoms with E-state index in [-0.39, 0.29) is 10.8 Å². The highest BCUT2D eigenvalue weighted by atomic mass is 32.2. The van der Waals surface area contributed by atoms with Gasteiger partial charge in [-0.15, -0.1) is 0 Å². The number of carbonyl (C=O) groups excluding carboxylic acids is 1. The second kappa shape index (κ2) is 7.43. The van der Waals surface area contributed by atoms with Gasteiger partial charge < -0.3 is 9.64 Å². The number of rotatable bonds is 3. The summed E-state index contributed by atoms with van der Waals surface area (Å²) >= 11 is 0. The zero-order valence-corrected chi connectivity index (χ0v) is 15.7. The summed E-state index contributed by atoms with van der Waals surface area (Å²) < 4.78 is 32.6. The molecule has 3 rings (SSSR count). The van der Waals surface area contributed by atoms with Crippen molar-refractivity contribution in [3.8, 4) is 0 Å². The number of amides is 1. The van der Waals surface area contributed by atoms with Crippen molar-refractivity contribution in [2.24, 2.45) is 5.92 Å². The van der Waals surface area contributed by atoms with Crippen molar-refractivity contribution in [3.63, 3.8) is 0 Å². The molecule has 1 aromatic rings. The van der Waals surface area contributed by atoms with Crippen molar-refractivity contribution in [2.75, 3.05) is 39.4 Å². The molecular weight excluding hydrogens is 340 g/mol. The molecule has 2 fully saturated rings. The van der Waals surface area contributed by atoms with Crippen molar-refractivity contribution in [2.45, 2.75) is 31.6 Å². The predicted molar refractivity (Wildman–Crippen MR) is 95.1 cm³/mol. The quantitative estimate of drug-likeness (QED) is 0.819. The number of likely N-dealkylation sites (tertiary alicyclic amines) is 1. The third-order valence-electron chi connectivity index (χ3n) is 4.97. The molecule has 0 bridgehead atoms. The Morgan fingerprint density at radius 1 is 1.20 bits per heavy atom. The molecule has 1 amide bonds. The first-order valence-electron chi connectivity index (χ1n) is 8.87. The minimum Gasteiger partial charge on any atom is -0.379 e. The first-order valence-corrected chi connectivity index (χ1v) is 10.3. The van der Waals surface area contributed by atoms with Gasteiger partial charge in [0.1, 0.15) is 0 Å². The van der Waals surface area contributed by atoms with Gasteiger partial charge in [-0.25, -0.2) is 8.42 Å². The molecule has 1 atom stereocenters. The zero-order chi connectivity index (χ0) is 18.0. The van der Waals surface area contributed by atoms with E-state index < -0.39 is 10.0 Å². The van der Waals surface area contributed by atoms with E-state index in [1.54, 1.807) is 25.1 Å². The Kier molecular flexibility index (Phi) is 5.46. The molecule has 0 aromatic heterocycles. The Balaban J connectivity index is 1.88. The lowest BCUT2D eigenvalue weighted by Gasteiger charge is -2.31. The van der Waals surface area contributed by atoms with Crippen LogP contribution in [-0.2, 0) is 14.8 Å². The van der Waals surface area contributed by atoms with Gasteiger partial charge in [0.2, 0.25) is 10.0 Å². The van der Waals surface area contributed by atoms with E-state index >= 15 is 0 Å². The summed E-state index contributed by atoms with van der Waals surface area (Å²) in [4.78, 5) is 14.9. The Bertz CT molecular complexity index is 741. The zero-order valence-electron chi connectivity index (χ0n) is 14.9. The average Bonchev–Trinajstić information content (AvgIpc) is 2.62. The first-order chi connectivity index (χ1) is 11.9. The van der Waals surface area contributed by atoms with Crippen LogP contribution in [0.1, 0.15) is 35.7 Å². The van der Waals surface area contributed by atoms with E-state index in [0.717, 1.165) is 25.9 Å². The van der Waals surface area contributed by atoms with E-state index in [9.17, 15) is 13.2 Å². The number of hydrogen-bond donors (Lipinski definition) is 0. The van der Waals surface area contributed by atoms with E-state index in [2.05, 4.69) is 6.92 Å². The van der Waals surface area contributed by atoms with Crippen LogP contribution in [0.3, 0.4) is 0 Å². The van der Waals surface area contributed by atoms with Crippen LogP contribution in [0.2, 0.25) is 0 Å². The molecule has 2 aliphatic rings. The molecular formula is C18H26N2O4S. The number of nitrogens with zero attached hydrogens (tertiary/aromatic N) is 2. The predicted octanol–water partition coefficient (Wildman–Crippen LogP) is 1.89. The molecule has 0 N–H and O–H groups in total. The molecule has 0 aliphatic carbocycles. The van der Waals surface area contributed by atoms with E-state index in [0.29, 0.717) is 43.3 Å². The molecule has 6 nitrogen and oxygen atoms in total. The van der Waals surface area contributed by atoms with Crippen LogP contribution in [0.5, 0.6) is 0 Å². The van der Waals surface area contributed by atoms with Gasteiger partial charge in [-0.2, -0.15) is 4.31 Å². The Morgan fingerprint density at radius 2 is 1.92 bits per heavy atom. The van der Waals surface area contributed by atoms with Crippen LogP contribution in [0.25, 0.3) is 0 Å². The van der Waals surface area contributed by atoms with Crippen LogP contribution in [0.15, 0.2) is 23.1 Å². The summed E-state index contributed by atoms with van der Waals surface area (Å²) in [6, 6.07) is 5.00. The van der Waals surface area contributed by atoms with Crippen molar-refractivity contribution < 1.29 is 17.9 Å². The lowest BCUT2D eigenvalue weighted by Crippen LogP contribution is -2.41. The van der Waals surface area contributed by atoms with Crippen molar-refractivity contribution in [1.82, 2.24) is 9.21 Å². The van der Waals surface area contributed by atoms with Gasteiger partial charge in [-0.1, -0.05) is 13.0 Å². The summed E-state index contributed by atoms with van der Waals surface area (Å²) in [7, 11) is -3.61. The van der Waals surface area contributed by atoms with Crippen LogP contribution in [-0.4, -0.2) is 62.9 Å². The second-order valence-corrected chi connectivity index (χ2v) is 8.90. The molecule has 0 radical (unpaired) electrons. The normalized spacial score (nSPS) is 22.8. The lowest BCUT2D eigenvalue weighted by atomic mass is 9.99. The summed E-state index contributed by atoms with van der Waals surface area (Å²) in [6.07, 6.45) is 2.13. The molecule has 2 aliphatic heterocycles. The molecule has 2 heterocycles. The summed E-state index contributed by atoms with van der Waals surface area (Å²) in [5, 5.41) is 0. The number of aryl methyl sites for hydroxylation is 1. The number of hydrogen-bond acceptors (Lipinski definition) is 4. The topological polar surface area (TPSA) is 66.9 Å². The number of piperidine rings is 1. The highest BCUT2D eigenvalue weighted by Gasteiger charge is 2.29. The molecule has 25 heavy (non-hydrogen) atoms. The van der Waals surface area contributed by atoms with Crippen molar-refractivity contribution in [1.29, 1.82) is 0 Å². The van der Waals surface area contributed by atoms with E-state index in [1.807, 2.05) is 4.90 Å². The maximum absolute atomic E-state index is 13.0. The van der Waals surface area contributed by atoms with Gasteiger partial charge in [0.05, 0.1) is 18.1 Å². The summed E-state index contributed by atoms with van der Waals surface area (Å²) in [5.74, 6) is 0.407. The SMILES string of the molecule is Cc1ccc(C(=O)N2CCC[C@H](C)C2)cc1S(=O)(=O)N1CCOCC1. The van der Waals surface area contributed by atoms with Gasteiger partial charge in [-0.05, 0) is 43.4 Å². The number of carbonyl (C=O) groups is 1. The molecule has 0 unspecified atom stereocenters. The van der Waals surface area contributed by atoms with E-state index in [4.69, 9.17) is 4.74 Å². The fourth-order valence-electron chi connectivity index (χ4n) is 3.49. The van der Waals surface area contributed by atoms with Gasteiger partial charge in [0.25, 0.3) is 5.91 Å². The molecule has 0 spiro atoms. The number of sulfonamides is 1. The van der Waals surface area contributed by atoms with E-state index in [1.165, 1.54) is 4.31 Å². The van der Waals surface area contributed by atoms with Crippen LogP contribution < -0.4 is 0 Å². The highest BCUT2D eigenvalue weighted by Crippen LogP contribution is 2.24. The average molecular weight is 366 g/mol. The van der Waals surface area contributed by atoms with Gasteiger partial charge in [-0.3, -0.25) is 4.79 Å². The molecule has 7 heteroatoms. The largest absolute Gasteiger partial charge is 0.379 e. The van der Waals surface area contributed by atoms with Crippen molar-refractivity contribution >= 4 is 15.9 Å². The third kappa shape index (κ3) is 3.88. The lowest BCUT2D eigenvalue weighted by molar-refractivity contribution is 0.0682. The number of benzene rings is 1. The summed E-state index contributed by atoms with van der Waals surface area (Å²) in [6.45, 7) is 6.90. The molecule has 1 aromatic carbocycles. The first kappa shape index (κ1) is 18.4. The summed E-state index contributed by atoms with van der Waals surface area (Å²) in [5.41, 5.74) is 1.11. The minimum absolute atomic E-state index is 0.0787. The van der Waals surface area contributed by atoms with Crippen molar-refractivity contribution in [3.05, 3.63) is 29.3 Å². The van der Waals surface area contributed by atoms with Crippen LogP contribution in [0, 0.1) is 12.8 Å². The Hall–Kier alpha value is -1.44. The monoisotopic (exact) mass is 366 g/mol. The molecule has 0 saturated carbocycles. The highest BCUT2D eigenvalue weighted by molar-refractivity contribution is 7.89. The van der Waals surface area contributed by atoms with Gasteiger partial charge >= 0.3 is 0 Å². The van der Waals surface area contributed by atoms with Gasteiger partial charge in [0.15, 0.2) is 0 Å². The second-order valence-electron chi connectivity index (χ2n) is 7.00. The Morgan fingerprint density at radius 3 is 2.60 bits per heavy atom. The van der Waals surface area contributed by atoms with Crippen LogP contribution in [0.4, 0.5) is 0 Å². The maximum Gasteiger partial charge on any atom is 0.253 e. The maximum atomic E-state index is 13.0. The van der Waals surface area contributed by atoms with Gasteiger partial charge in [0, 0.05) is 31.7 Å². The Labute approximate surface area is 149 Å². The molecule has 138 valence electrons. The molecule has 2 saturated heterocycles. The minimum atomic E-state index is -3.61. The fraction of sp³-hybridized carbons (Fsp3) is 0.611. The fourth-order valence-corrected chi connectivity index (χ4v) is 5.15. The number of ether oxygens (including phenoxy) is 1. The number of morpholine rings is 1. The van der Waals surface area contributed by atoms with Crippen LogP contribution >= 0.6 is 0 Å².